The van der Waals surface area contributed by atoms with Crippen molar-refractivity contribution >= 4 is 33.1 Å². The van der Waals surface area contributed by atoms with Crippen molar-refractivity contribution in [2.45, 2.75) is 39.9 Å². The van der Waals surface area contributed by atoms with E-state index >= 15 is 0 Å². The molecule has 4 heterocycles. The molecular formula is C27H26N4OS. The first-order valence-electron chi connectivity index (χ1n) is 11.5. The summed E-state index contributed by atoms with van der Waals surface area (Å²) in [6, 6.07) is 19.7. The molecule has 6 heteroatoms. The van der Waals surface area contributed by atoms with Crippen molar-refractivity contribution in [3.8, 4) is 10.4 Å². The van der Waals surface area contributed by atoms with Gasteiger partial charge in [-0.25, -0.2) is 0 Å². The van der Waals surface area contributed by atoms with Gasteiger partial charge in [0, 0.05) is 47.0 Å². The highest BCUT2D eigenvalue weighted by atomic mass is 32.1. The number of nitrogens with zero attached hydrogens (tertiary/aromatic N) is 3. The van der Waals surface area contributed by atoms with Gasteiger partial charge in [-0.2, -0.15) is 5.10 Å². The Kier molecular flexibility index (Phi) is 4.93. The van der Waals surface area contributed by atoms with Crippen molar-refractivity contribution in [2.75, 3.05) is 6.54 Å². The van der Waals surface area contributed by atoms with E-state index in [-0.39, 0.29) is 5.56 Å². The molecule has 1 aliphatic rings. The second kappa shape index (κ2) is 7.97. The average Bonchev–Trinajstić information content (AvgIpc) is 3.46. The summed E-state index contributed by atoms with van der Waals surface area (Å²) in [5.41, 5.74) is 6.67. The summed E-state index contributed by atoms with van der Waals surface area (Å²) >= 11 is 1.85. The number of aromatic nitrogens is 3. The molecule has 0 amide bonds. The maximum atomic E-state index is 13.0. The van der Waals surface area contributed by atoms with Gasteiger partial charge < -0.3 is 4.57 Å². The summed E-state index contributed by atoms with van der Waals surface area (Å²) in [7, 11) is 0. The highest BCUT2D eigenvalue weighted by molar-refractivity contribution is 7.15. The van der Waals surface area contributed by atoms with E-state index in [4.69, 9.17) is 0 Å². The number of thiophene rings is 1. The van der Waals surface area contributed by atoms with Gasteiger partial charge in [-0.3, -0.25) is 14.8 Å². The highest BCUT2D eigenvalue weighted by Crippen LogP contribution is 2.33. The Morgan fingerprint density at radius 3 is 2.79 bits per heavy atom. The number of fused-ring (bicyclic) bond motifs is 4. The van der Waals surface area contributed by atoms with Crippen LogP contribution in [0.4, 0.5) is 0 Å². The Hall–Kier alpha value is -3.22. The predicted octanol–water partition coefficient (Wildman–Crippen LogP) is 5.49. The molecule has 5 nitrogen and oxygen atoms in total. The Morgan fingerprint density at radius 2 is 1.94 bits per heavy atom. The van der Waals surface area contributed by atoms with Gasteiger partial charge in [0.15, 0.2) is 0 Å². The van der Waals surface area contributed by atoms with Crippen molar-refractivity contribution < 1.29 is 0 Å². The number of H-pyrrole nitrogens is 1. The van der Waals surface area contributed by atoms with E-state index in [2.05, 4.69) is 69.7 Å². The summed E-state index contributed by atoms with van der Waals surface area (Å²) < 4.78 is 1.85. The van der Waals surface area contributed by atoms with Gasteiger partial charge in [0.25, 0.3) is 5.56 Å². The van der Waals surface area contributed by atoms with E-state index < -0.39 is 0 Å². The first-order valence-corrected chi connectivity index (χ1v) is 12.3. The van der Waals surface area contributed by atoms with E-state index in [1.54, 1.807) is 0 Å². The zero-order valence-electron chi connectivity index (χ0n) is 18.9. The quantitative estimate of drug-likeness (QED) is 0.391. The van der Waals surface area contributed by atoms with E-state index in [0.717, 1.165) is 48.2 Å². The lowest BCUT2D eigenvalue weighted by molar-refractivity contribution is 0.248. The largest absolute Gasteiger partial charge is 0.308 e. The van der Waals surface area contributed by atoms with Crippen molar-refractivity contribution in [3.63, 3.8) is 0 Å². The molecule has 1 N–H and O–H groups in total. The molecule has 0 saturated heterocycles. The van der Waals surface area contributed by atoms with Crippen LogP contribution in [-0.4, -0.2) is 26.2 Å². The number of hydrogen-bond acceptors (Lipinski definition) is 4. The predicted molar refractivity (Wildman–Crippen MR) is 136 cm³/mol. The molecule has 5 aromatic rings. The van der Waals surface area contributed by atoms with Gasteiger partial charge in [0.05, 0.1) is 10.9 Å². The van der Waals surface area contributed by atoms with Crippen LogP contribution in [0.5, 0.6) is 0 Å². The van der Waals surface area contributed by atoms with Crippen LogP contribution in [0.2, 0.25) is 0 Å². The third-order valence-electron chi connectivity index (χ3n) is 6.80. The second-order valence-electron chi connectivity index (χ2n) is 8.85. The van der Waals surface area contributed by atoms with Crippen LogP contribution in [-0.2, 0) is 26.1 Å². The van der Waals surface area contributed by atoms with Gasteiger partial charge >= 0.3 is 0 Å². The van der Waals surface area contributed by atoms with Crippen LogP contribution in [0.3, 0.4) is 0 Å². The summed E-state index contributed by atoms with van der Waals surface area (Å²) in [6.07, 6.45) is 1.12. The first-order chi connectivity index (χ1) is 16.1. The standard InChI is InChI=1S/C27H26N4OS/c1-3-31-23-10-8-19(14-22(23)26-25(27(31)32)17(2)28-29-26)24-11-9-21(33-24)16-30-13-12-18-6-4-5-7-20(18)15-30/h4-11,14H,3,12-13,15-16H2,1-2H3,(H,28,29). The fourth-order valence-corrected chi connectivity index (χ4v) is 6.13. The zero-order chi connectivity index (χ0) is 22.5. The fraction of sp³-hybridized carbons (Fsp3) is 0.259. The molecule has 0 aliphatic carbocycles. The summed E-state index contributed by atoms with van der Waals surface area (Å²) in [4.78, 5) is 18.1. The van der Waals surface area contributed by atoms with Crippen LogP contribution < -0.4 is 5.56 Å². The molecule has 33 heavy (non-hydrogen) atoms. The van der Waals surface area contributed by atoms with Crippen LogP contribution in [0.25, 0.3) is 32.2 Å². The maximum absolute atomic E-state index is 13.0. The molecule has 2 aromatic carbocycles. The summed E-state index contributed by atoms with van der Waals surface area (Å²) in [6.45, 7) is 7.66. The number of aryl methyl sites for hydroxylation is 2. The van der Waals surface area contributed by atoms with Crippen molar-refractivity contribution in [1.82, 2.24) is 19.7 Å². The molecular weight excluding hydrogens is 428 g/mol. The van der Waals surface area contributed by atoms with Gasteiger partial charge in [0.2, 0.25) is 0 Å². The Balaban J connectivity index is 1.34. The molecule has 0 radical (unpaired) electrons. The third-order valence-corrected chi connectivity index (χ3v) is 7.92. The normalized spacial score (nSPS) is 14.2. The van der Waals surface area contributed by atoms with E-state index in [0.29, 0.717) is 11.9 Å². The van der Waals surface area contributed by atoms with Crippen LogP contribution in [0, 0.1) is 6.92 Å². The molecule has 166 valence electrons. The summed E-state index contributed by atoms with van der Waals surface area (Å²) in [5.74, 6) is 0. The molecule has 0 saturated carbocycles. The SMILES string of the molecule is CCn1c(=O)c2c(C)[nH]nc2c2cc(-c3ccc(CN4CCc5ccccc5C4)s3)ccc21. The second-order valence-corrected chi connectivity index (χ2v) is 10.0. The van der Waals surface area contributed by atoms with Crippen LogP contribution in [0.15, 0.2) is 59.4 Å². The lowest BCUT2D eigenvalue weighted by Gasteiger charge is -2.28. The van der Waals surface area contributed by atoms with Crippen molar-refractivity contribution in [1.29, 1.82) is 0 Å². The number of hydrogen-bond donors (Lipinski definition) is 1. The molecule has 0 atom stereocenters. The minimum Gasteiger partial charge on any atom is -0.308 e. The Morgan fingerprint density at radius 1 is 1.09 bits per heavy atom. The number of aromatic amines is 1. The van der Waals surface area contributed by atoms with Gasteiger partial charge in [0.1, 0.15) is 5.52 Å². The number of pyridine rings is 1. The Bertz CT molecular complexity index is 1560. The van der Waals surface area contributed by atoms with Gasteiger partial charge in [-0.15, -0.1) is 11.3 Å². The lowest BCUT2D eigenvalue weighted by Crippen LogP contribution is -2.29. The zero-order valence-corrected chi connectivity index (χ0v) is 19.7. The summed E-state index contributed by atoms with van der Waals surface area (Å²) in [5, 5.41) is 9.20. The molecule has 3 aromatic heterocycles. The van der Waals surface area contributed by atoms with Crippen LogP contribution in [0.1, 0.15) is 28.6 Å². The van der Waals surface area contributed by atoms with E-state index in [1.165, 1.54) is 26.4 Å². The Labute approximate surface area is 196 Å². The minimum atomic E-state index is 0.0283. The maximum Gasteiger partial charge on any atom is 0.262 e. The highest BCUT2D eigenvalue weighted by Gasteiger charge is 2.18. The molecule has 0 bridgehead atoms. The monoisotopic (exact) mass is 454 g/mol. The molecule has 0 unspecified atom stereocenters. The number of nitrogens with one attached hydrogen (secondary N) is 1. The van der Waals surface area contributed by atoms with E-state index in [9.17, 15) is 4.79 Å². The molecule has 6 rings (SSSR count). The van der Waals surface area contributed by atoms with Crippen molar-refractivity contribution in [2.24, 2.45) is 0 Å². The first kappa shape index (κ1) is 20.4. The van der Waals surface area contributed by atoms with E-state index in [1.807, 2.05) is 29.8 Å². The molecule has 0 spiro atoms. The smallest absolute Gasteiger partial charge is 0.262 e. The third kappa shape index (κ3) is 3.41. The van der Waals surface area contributed by atoms with Crippen molar-refractivity contribution in [3.05, 3.63) is 86.6 Å². The minimum absolute atomic E-state index is 0.0283. The molecule has 0 fully saturated rings. The fourth-order valence-electron chi connectivity index (χ4n) is 5.09. The molecule has 1 aliphatic heterocycles. The average molecular weight is 455 g/mol. The number of benzene rings is 2. The number of rotatable bonds is 4. The topological polar surface area (TPSA) is 53.9 Å². The van der Waals surface area contributed by atoms with Gasteiger partial charge in [-0.05, 0) is 61.2 Å². The van der Waals surface area contributed by atoms with Crippen LogP contribution >= 0.6 is 11.3 Å². The van der Waals surface area contributed by atoms with Gasteiger partial charge in [-0.1, -0.05) is 30.3 Å². The lowest BCUT2D eigenvalue weighted by atomic mass is 10.00.